The molecular weight excluding hydrogens is 376 g/mol. The third-order valence-corrected chi connectivity index (χ3v) is 6.25. The van der Waals surface area contributed by atoms with Crippen molar-refractivity contribution in [1.29, 1.82) is 0 Å². The zero-order chi connectivity index (χ0) is 22.2. The second-order valence-electron chi connectivity index (χ2n) is 9.34. The Labute approximate surface area is 184 Å². The van der Waals surface area contributed by atoms with Crippen LogP contribution in [0.3, 0.4) is 0 Å². The van der Waals surface area contributed by atoms with Crippen molar-refractivity contribution in [2.75, 3.05) is 6.61 Å². The summed E-state index contributed by atoms with van der Waals surface area (Å²) in [5.41, 5.74) is 0. The molecule has 4 heteroatoms. The van der Waals surface area contributed by atoms with E-state index in [9.17, 15) is 15.0 Å². The quantitative estimate of drug-likeness (QED) is 0.132. The molecule has 1 saturated carbocycles. The second-order valence-corrected chi connectivity index (χ2v) is 9.34. The average Bonchev–Trinajstić information content (AvgIpc) is 3.14. The molecule has 0 aromatic heterocycles. The highest BCUT2D eigenvalue weighted by Gasteiger charge is 2.25. The highest BCUT2D eigenvalue weighted by atomic mass is 16.6. The minimum atomic E-state index is -1.92. The number of unbranched alkanes of at least 4 members (excludes halogenated alkanes) is 4. The Balaban J connectivity index is 2.21. The van der Waals surface area contributed by atoms with Crippen LogP contribution in [-0.4, -0.2) is 28.6 Å². The number of aliphatic hydroxyl groups is 2. The SMILES string of the molecule is CCCCCC[C@@H](C)CC=C[C@H]1CCC[C@@H]1CC=CCCCC(O)(O)COC(C)=O. The van der Waals surface area contributed by atoms with Gasteiger partial charge >= 0.3 is 5.97 Å². The number of esters is 1. The summed E-state index contributed by atoms with van der Waals surface area (Å²) in [6.07, 6.45) is 24.1. The van der Waals surface area contributed by atoms with Crippen molar-refractivity contribution in [1.82, 2.24) is 0 Å². The maximum atomic E-state index is 10.8. The fourth-order valence-corrected chi connectivity index (χ4v) is 4.32. The zero-order valence-corrected chi connectivity index (χ0v) is 19.7. The summed E-state index contributed by atoms with van der Waals surface area (Å²) < 4.78 is 4.68. The molecule has 0 amide bonds. The minimum Gasteiger partial charge on any atom is -0.460 e. The van der Waals surface area contributed by atoms with Gasteiger partial charge in [-0.25, -0.2) is 0 Å². The van der Waals surface area contributed by atoms with E-state index in [0.717, 1.165) is 24.7 Å². The molecule has 4 nitrogen and oxygen atoms in total. The van der Waals surface area contributed by atoms with Crippen molar-refractivity contribution in [3.63, 3.8) is 0 Å². The lowest BCUT2D eigenvalue weighted by Crippen LogP contribution is -2.34. The van der Waals surface area contributed by atoms with Crippen molar-refractivity contribution in [3.05, 3.63) is 24.3 Å². The Hall–Kier alpha value is -1.13. The molecule has 0 aromatic carbocycles. The molecule has 0 bridgehead atoms. The minimum absolute atomic E-state index is 0.204. The molecule has 174 valence electrons. The zero-order valence-electron chi connectivity index (χ0n) is 19.7. The molecular formula is C26H46O4. The van der Waals surface area contributed by atoms with Gasteiger partial charge in [0.1, 0.15) is 6.61 Å². The van der Waals surface area contributed by atoms with Gasteiger partial charge in [-0.15, -0.1) is 0 Å². The van der Waals surface area contributed by atoms with Gasteiger partial charge in [0.15, 0.2) is 5.79 Å². The summed E-state index contributed by atoms with van der Waals surface area (Å²) in [5, 5.41) is 19.5. The lowest BCUT2D eigenvalue weighted by molar-refractivity contribution is -0.204. The van der Waals surface area contributed by atoms with Crippen molar-refractivity contribution in [2.45, 2.75) is 110 Å². The van der Waals surface area contributed by atoms with E-state index in [1.165, 1.54) is 64.7 Å². The van der Waals surface area contributed by atoms with Crippen LogP contribution in [0.1, 0.15) is 104 Å². The van der Waals surface area contributed by atoms with Gasteiger partial charge in [0.05, 0.1) is 0 Å². The topological polar surface area (TPSA) is 66.8 Å². The molecule has 1 aliphatic rings. The lowest BCUT2D eigenvalue weighted by atomic mass is 9.91. The van der Waals surface area contributed by atoms with Gasteiger partial charge in [0, 0.05) is 13.3 Å². The van der Waals surface area contributed by atoms with E-state index in [1.54, 1.807) is 0 Å². The first-order valence-electron chi connectivity index (χ1n) is 12.2. The summed E-state index contributed by atoms with van der Waals surface area (Å²) in [7, 11) is 0. The molecule has 0 heterocycles. The standard InChI is InChI=1S/C26H46O4/c1-4-5-6-9-14-22(2)15-12-17-25-19-13-18-24(25)16-10-7-8-11-20-26(28,29)21-30-23(3)27/h7,10,12,17,22,24-25,28-29H,4-6,8-9,11,13-16,18-21H2,1-3H3/t22-,24+,25+/m1/s1. The third kappa shape index (κ3) is 13.2. The van der Waals surface area contributed by atoms with Crippen LogP contribution in [0.25, 0.3) is 0 Å². The van der Waals surface area contributed by atoms with Crippen LogP contribution >= 0.6 is 0 Å². The summed E-state index contributed by atoms with van der Waals surface area (Å²) in [6.45, 7) is 5.55. The number of hydrogen-bond acceptors (Lipinski definition) is 4. The van der Waals surface area contributed by atoms with Gasteiger partial charge in [-0.1, -0.05) is 76.7 Å². The molecule has 0 spiro atoms. The van der Waals surface area contributed by atoms with Crippen LogP contribution in [0.15, 0.2) is 24.3 Å². The molecule has 30 heavy (non-hydrogen) atoms. The van der Waals surface area contributed by atoms with E-state index in [1.807, 2.05) is 0 Å². The maximum Gasteiger partial charge on any atom is 0.302 e. The fourth-order valence-electron chi connectivity index (χ4n) is 4.32. The van der Waals surface area contributed by atoms with Crippen LogP contribution in [0.4, 0.5) is 0 Å². The van der Waals surface area contributed by atoms with E-state index < -0.39 is 11.8 Å². The van der Waals surface area contributed by atoms with Crippen LogP contribution in [0, 0.1) is 17.8 Å². The number of allylic oxidation sites excluding steroid dienone is 4. The monoisotopic (exact) mass is 422 g/mol. The fraction of sp³-hybridized carbons (Fsp3) is 0.808. The molecule has 0 aromatic rings. The maximum absolute atomic E-state index is 10.8. The predicted octanol–water partition coefficient (Wildman–Crippen LogP) is 6.32. The molecule has 0 saturated heterocycles. The molecule has 1 fully saturated rings. The van der Waals surface area contributed by atoms with E-state index in [-0.39, 0.29) is 13.0 Å². The predicted molar refractivity (Wildman–Crippen MR) is 124 cm³/mol. The van der Waals surface area contributed by atoms with Crippen molar-refractivity contribution in [2.24, 2.45) is 17.8 Å². The Morgan fingerprint density at radius 2 is 1.93 bits per heavy atom. The summed E-state index contributed by atoms with van der Waals surface area (Å²) in [4.78, 5) is 10.8. The third-order valence-electron chi connectivity index (χ3n) is 6.25. The molecule has 3 atom stereocenters. The summed E-state index contributed by atoms with van der Waals surface area (Å²) in [5.74, 6) is -0.161. The first kappa shape index (κ1) is 26.9. The lowest BCUT2D eigenvalue weighted by Gasteiger charge is -2.20. The first-order chi connectivity index (χ1) is 14.3. The number of ether oxygens (including phenoxy) is 1. The molecule has 0 aliphatic heterocycles. The van der Waals surface area contributed by atoms with Crippen LogP contribution < -0.4 is 0 Å². The highest BCUT2D eigenvalue weighted by molar-refractivity contribution is 5.65. The normalized spacial score (nSPS) is 21.0. The Bertz CT molecular complexity index is 509. The largest absolute Gasteiger partial charge is 0.460 e. The van der Waals surface area contributed by atoms with E-state index in [2.05, 4.69) is 42.9 Å². The molecule has 1 aliphatic carbocycles. The number of carbonyl (C=O) groups excluding carboxylic acids is 1. The summed E-state index contributed by atoms with van der Waals surface area (Å²) >= 11 is 0. The van der Waals surface area contributed by atoms with Crippen molar-refractivity contribution >= 4 is 5.97 Å². The molecule has 0 radical (unpaired) electrons. The van der Waals surface area contributed by atoms with E-state index >= 15 is 0 Å². The van der Waals surface area contributed by atoms with Crippen LogP contribution in [0.5, 0.6) is 0 Å². The Kier molecular flexibility index (Phi) is 14.0. The number of carbonyl (C=O) groups is 1. The van der Waals surface area contributed by atoms with Crippen LogP contribution in [-0.2, 0) is 9.53 Å². The summed E-state index contributed by atoms with van der Waals surface area (Å²) in [6, 6.07) is 0. The molecule has 0 unspecified atom stereocenters. The van der Waals surface area contributed by atoms with Crippen molar-refractivity contribution < 1.29 is 19.7 Å². The number of hydrogen-bond donors (Lipinski definition) is 2. The van der Waals surface area contributed by atoms with Gasteiger partial charge in [0.25, 0.3) is 0 Å². The second kappa shape index (κ2) is 15.6. The van der Waals surface area contributed by atoms with E-state index in [0.29, 0.717) is 12.3 Å². The van der Waals surface area contributed by atoms with Gasteiger partial charge in [-0.2, -0.15) is 0 Å². The average molecular weight is 423 g/mol. The van der Waals surface area contributed by atoms with Crippen LogP contribution in [0.2, 0.25) is 0 Å². The van der Waals surface area contributed by atoms with Gasteiger partial charge in [-0.05, 0) is 56.3 Å². The Morgan fingerprint density at radius 1 is 1.13 bits per heavy atom. The van der Waals surface area contributed by atoms with Gasteiger partial charge in [0.2, 0.25) is 0 Å². The number of rotatable bonds is 16. The van der Waals surface area contributed by atoms with Gasteiger partial charge in [-0.3, -0.25) is 4.79 Å². The van der Waals surface area contributed by atoms with Crippen molar-refractivity contribution in [3.8, 4) is 0 Å². The Morgan fingerprint density at radius 3 is 2.67 bits per heavy atom. The highest BCUT2D eigenvalue weighted by Crippen LogP contribution is 2.35. The first-order valence-corrected chi connectivity index (χ1v) is 12.2. The van der Waals surface area contributed by atoms with E-state index in [4.69, 9.17) is 0 Å². The van der Waals surface area contributed by atoms with Gasteiger partial charge < -0.3 is 14.9 Å². The smallest absolute Gasteiger partial charge is 0.302 e. The molecule has 1 rings (SSSR count). The molecule has 2 N–H and O–H groups in total.